The molecule has 0 aliphatic heterocycles. The molecule has 7 heteroatoms. The van der Waals surface area contributed by atoms with Crippen molar-refractivity contribution in [1.29, 1.82) is 0 Å². The molecule has 1 amide bonds. The van der Waals surface area contributed by atoms with Gasteiger partial charge in [0, 0.05) is 18.5 Å². The molecule has 0 radical (unpaired) electrons. The summed E-state index contributed by atoms with van der Waals surface area (Å²) in [4.78, 5) is 22.2. The number of nitrogens with one attached hydrogen (secondary N) is 2. The first-order chi connectivity index (χ1) is 9.33. The fraction of sp³-hybridized carbons (Fsp3) is 0.462. The number of carbonyl (C=O) groups is 1. The van der Waals surface area contributed by atoms with E-state index in [4.69, 9.17) is 5.73 Å². The highest BCUT2D eigenvalue weighted by molar-refractivity contribution is 7.18. The molecule has 0 aliphatic carbocycles. The second-order valence-electron chi connectivity index (χ2n) is 5.32. The maximum atomic E-state index is 11.8. The molecule has 2 heterocycles. The number of aromatic nitrogens is 2. The molecule has 6 nitrogen and oxygen atoms in total. The topological polar surface area (TPSA) is 92.9 Å². The molecule has 2 aromatic rings. The van der Waals surface area contributed by atoms with Crippen LogP contribution in [-0.2, 0) is 4.79 Å². The molecule has 2 rings (SSSR count). The van der Waals surface area contributed by atoms with Gasteiger partial charge in [-0.15, -0.1) is 11.3 Å². The van der Waals surface area contributed by atoms with E-state index in [9.17, 15) is 4.79 Å². The van der Waals surface area contributed by atoms with Crippen LogP contribution in [0, 0.1) is 12.3 Å². The number of carbonyl (C=O) groups excluding carboxylic acids is 1. The number of nitrogens with two attached hydrogens (primary N) is 1. The third-order valence-corrected chi connectivity index (χ3v) is 4.02. The van der Waals surface area contributed by atoms with Gasteiger partial charge >= 0.3 is 0 Å². The van der Waals surface area contributed by atoms with Gasteiger partial charge < -0.3 is 16.4 Å². The minimum absolute atomic E-state index is 0.0234. The molecule has 20 heavy (non-hydrogen) atoms. The number of aryl methyl sites for hydroxylation is 1. The third-order valence-electron chi connectivity index (χ3n) is 3.07. The van der Waals surface area contributed by atoms with Gasteiger partial charge in [0.1, 0.15) is 10.6 Å². The lowest BCUT2D eigenvalue weighted by Crippen LogP contribution is -2.39. The van der Waals surface area contributed by atoms with E-state index in [0.29, 0.717) is 12.4 Å². The van der Waals surface area contributed by atoms with Crippen LogP contribution in [0.4, 0.5) is 11.8 Å². The lowest BCUT2D eigenvalue weighted by Gasteiger charge is -2.23. The monoisotopic (exact) mass is 293 g/mol. The van der Waals surface area contributed by atoms with Gasteiger partial charge in [-0.25, -0.2) is 4.98 Å². The number of nitrogen functional groups attached to an aromatic ring is 1. The number of thiophene rings is 1. The second kappa shape index (κ2) is 5.24. The normalized spacial score (nSPS) is 11.6. The van der Waals surface area contributed by atoms with Crippen molar-refractivity contribution in [3.05, 3.63) is 10.9 Å². The molecule has 0 unspecified atom stereocenters. The Kier molecular flexibility index (Phi) is 3.80. The second-order valence-corrected chi connectivity index (χ2v) is 6.56. The van der Waals surface area contributed by atoms with Crippen molar-refractivity contribution in [2.24, 2.45) is 5.41 Å². The van der Waals surface area contributed by atoms with E-state index >= 15 is 0 Å². The van der Waals surface area contributed by atoms with Crippen molar-refractivity contribution >= 4 is 39.2 Å². The maximum Gasteiger partial charge on any atom is 0.227 e. The average molecular weight is 293 g/mol. The summed E-state index contributed by atoms with van der Waals surface area (Å²) in [5.41, 5.74) is 5.19. The minimum atomic E-state index is -0.536. The van der Waals surface area contributed by atoms with Crippen molar-refractivity contribution in [2.75, 3.05) is 24.6 Å². The van der Waals surface area contributed by atoms with E-state index in [1.807, 2.05) is 26.8 Å². The van der Waals surface area contributed by atoms with Gasteiger partial charge in [-0.1, -0.05) is 0 Å². The van der Waals surface area contributed by atoms with Crippen molar-refractivity contribution in [3.63, 3.8) is 0 Å². The molecule has 2 aromatic heterocycles. The zero-order valence-corrected chi connectivity index (χ0v) is 12.9. The Morgan fingerprint density at radius 2 is 2.15 bits per heavy atom. The SMILES string of the molecule is CNC(=O)C(C)(C)CNc1nc(N)nc2sc(C)cc12. The summed E-state index contributed by atoms with van der Waals surface area (Å²) in [6.07, 6.45) is 0. The number of hydrogen-bond acceptors (Lipinski definition) is 6. The Morgan fingerprint density at radius 1 is 1.45 bits per heavy atom. The summed E-state index contributed by atoms with van der Waals surface area (Å²) in [6.45, 7) is 6.23. The Bertz CT molecular complexity index is 649. The van der Waals surface area contributed by atoms with Crippen molar-refractivity contribution in [3.8, 4) is 0 Å². The standard InChI is InChI=1S/C13H19N5OS/c1-7-5-8-9(17-12(14)18-10(8)20-7)16-6-13(2,3)11(19)15-4/h5H,6H2,1-4H3,(H,15,19)(H3,14,16,17,18). The van der Waals surface area contributed by atoms with E-state index in [0.717, 1.165) is 15.1 Å². The molecule has 0 fully saturated rings. The van der Waals surface area contributed by atoms with Gasteiger partial charge in [0.25, 0.3) is 0 Å². The van der Waals surface area contributed by atoms with E-state index in [2.05, 4.69) is 20.6 Å². The maximum absolute atomic E-state index is 11.8. The van der Waals surface area contributed by atoms with Crippen LogP contribution in [0.1, 0.15) is 18.7 Å². The fourth-order valence-corrected chi connectivity index (χ4v) is 2.80. The molecule has 0 saturated heterocycles. The fourth-order valence-electron chi connectivity index (χ4n) is 1.92. The predicted octanol–water partition coefficient (Wildman–Crippen LogP) is 1.77. The Hall–Kier alpha value is -1.89. The quantitative estimate of drug-likeness (QED) is 0.799. The lowest BCUT2D eigenvalue weighted by atomic mass is 9.92. The van der Waals surface area contributed by atoms with Gasteiger partial charge in [-0.3, -0.25) is 4.79 Å². The van der Waals surface area contributed by atoms with Gasteiger partial charge in [0.2, 0.25) is 11.9 Å². The first-order valence-corrected chi connectivity index (χ1v) is 7.15. The number of hydrogen-bond donors (Lipinski definition) is 3. The molecule has 0 spiro atoms. The van der Waals surface area contributed by atoms with Crippen LogP contribution in [0.25, 0.3) is 10.2 Å². The largest absolute Gasteiger partial charge is 0.368 e. The molecule has 0 aliphatic rings. The van der Waals surface area contributed by atoms with Crippen LogP contribution in [0.5, 0.6) is 0 Å². The predicted molar refractivity (Wildman–Crippen MR) is 82.9 cm³/mol. The molecule has 108 valence electrons. The zero-order chi connectivity index (χ0) is 14.9. The molecule has 0 aromatic carbocycles. The van der Waals surface area contributed by atoms with E-state index in [1.54, 1.807) is 18.4 Å². The van der Waals surface area contributed by atoms with Gasteiger partial charge in [-0.05, 0) is 26.8 Å². The van der Waals surface area contributed by atoms with Crippen LogP contribution in [0.3, 0.4) is 0 Å². The van der Waals surface area contributed by atoms with Gasteiger partial charge in [0.05, 0.1) is 10.8 Å². The summed E-state index contributed by atoms with van der Waals surface area (Å²) in [7, 11) is 1.63. The third kappa shape index (κ3) is 2.82. The molecule has 4 N–H and O–H groups in total. The number of amides is 1. The van der Waals surface area contributed by atoms with Gasteiger partial charge in [-0.2, -0.15) is 4.98 Å². The van der Waals surface area contributed by atoms with Crippen LogP contribution < -0.4 is 16.4 Å². The minimum Gasteiger partial charge on any atom is -0.368 e. The highest BCUT2D eigenvalue weighted by atomic mass is 32.1. The number of rotatable bonds is 4. The summed E-state index contributed by atoms with van der Waals surface area (Å²) in [6, 6.07) is 2.02. The average Bonchev–Trinajstić information content (AvgIpc) is 2.75. The van der Waals surface area contributed by atoms with E-state index in [-0.39, 0.29) is 11.9 Å². The van der Waals surface area contributed by atoms with Crippen molar-refractivity contribution < 1.29 is 4.79 Å². The lowest BCUT2D eigenvalue weighted by molar-refractivity contribution is -0.128. The zero-order valence-electron chi connectivity index (χ0n) is 12.1. The summed E-state index contributed by atoms with van der Waals surface area (Å²) < 4.78 is 0. The first kappa shape index (κ1) is 14.5. The Labute approximate surface area is 121 Å². The molecule has 0 bridgehead atoms. The number of fused-ring (bicyclic) bond motifs is 1. The summed E-state index contributed by atoms with van der Waals surface area (Å²) >= 11 is 1.57. The molecule has 0 atom stereocenters. The molecular weight excluding hydrogens is 274 g/mol. The Balaban J connectivity index is 2.28. The smallest absolute Gasteiger partial charge is 0.227 e. The number of nitrogens with zero attached hydrogens (tertiary/aromatic N) is 2. The highest BCUT2D eigenvalue weighted by Gasteiger charge is 2.26. The van der Waals surface area contributed by atoms with Crippen LogP contribution in [-0.4, -0.2) is 29.5 Å². The van der Waals surface area contributed by atoms with Crippen molar-refractivity contribution in [2.45, 2.75) is 20.8 Å². The van der Waals surface area contributed by atoms with Crippen molar-refractivity contribution in [1.82, 2.24) is 15.3 Å². The van der Waals surface area contributed by atoms with Crippen LogP contribution in [0.15, 0.2) is 6.07 Å². The number of anilines is 2. The van der Waals surface area contributed by atoms with Crippen LogP contribution in [0.2, 0.25) is 0 Å². The molecular formula is C13H19N5OS. The van der Waals surface area contributed by atoms with E-state index in [1.165, 1.54) is 0 Å². The van der Waals surface area contributed by atoms with Gasteiger partial charge in [0.15, 0.2) is 0 Å². The highest BCUT2D eigenvalue weighted by Crippen LogP contribution is 2.29. The van der Waals surface area contributed by atoms with E-state index < -0.39 is 5.41 Å². The Morgan fingerprint density at radius 3 is 2.80 bits per heavy atom. The first-order valence-electron chi connectivity index (χ1n) is 6.33. The summed E-state index contributed by atoms with van der Waals surface area (Å²) in [5, 5.41) is 6.81. The summed E-state index contributed by atoms with van der Waals surface area (Å²) in [5.74, 6) is 0.887. The van der Waals surface area contributed by atoms with Crippen LogP contribution >= 0.6 is 11.3 Å². The molecule has 0 saturated carbocycles.